The molecule has 0 saturated carbocycles. The molecule has 1 N–H and O–H groups in total. The van der Waals surface area contributed by atoms with Gasteiger partial charge in [-0.3, -0.25) is 13.7 Å². The number of carbonyl (C=O) groups excluding carboxylic acids is 1. The number of thiol groups is 1. The van der Waals surface area contributed by atoms with Crippen LogP contribution in [0.4, 0.5) is 13.2 Å². The van der Waals surface area contributed by atoms with E-state index in [9.17, 15) is 22.2 Å². The van der Waals surface area contributed by atoms with Crippen LogP contribution in [0, 0.1) is 0 Å². The van der Waals surface area contributed by atoms with Crippen molar-refractivity contribution in [2.75, 3.05) is 11.5 Å². The summed E-state index contributed by atoms with van der Waals surface area (Å²) in [4.78, 5) is 15.5. The summed E-state index contributed by atoms with van der Waals surface area (Å²) in [5, 5.41) is 3.28. The SMILES string of the molecule is O=C(N[SH]1(=O)CCCCC1)c1ccc(-c2noc(C(F)(F)F)n2)cc1. The van der Waals surface area contributed by atoms with E-state index in [1.54, 1.807) is 0 Å². The van der Waals surface area contributed by atoms with Crippen molar-refractivity contribution in [1.29, 1.82) is 0 Å². The van der Waals surface area contributed by atoms with Gasteiger partial charge in [-0.25, -0.2) is 0 Å². The molecule has 136 valence electrons. The number of hydrogen-bond acceptors (Lipinski definition) is 5. The van der Waals surface area contributed by atoms with Gasteiger partial charge in [0, 0.05) is 22.6 Å². The minimum absolute atomic E-state index is 0.223. The first kappa shape index (κ1) is 17.6. The van der Waals surface area contributed by atoms with Crippen molar-refractivity contribution in [3.8, 4) is 11.4 Å². The molecule has 1 amide bonds. The summed E-state index contributed by atoms with van der Waals surface area (Å²) in [7, 11) is -2.68. The lowest BCUT2D eigenvalue weighted by molar-refractivity contribution is -0.159. The van der Waals surface area contributed by atoms with Gasteiger partial charge in [-0.2, -0.15) is 18.2 Å². The van der Waals surface area contributed by atoms with E-state index >= 15 is 0 Å². The Balaban J connectivity index is 1.72. The second-order valence-electron chi connectivity index (χ2n) is 5.84. The van der Waals surface area contributed by atoms with E-state index < -0.39 is 28.1 Å². The largest absolute Gasteiger partial charge is 0.471 e. The molecule has 25 heavy (non-hydrogen) atoms. The van der Waals surface area contributed by atoms with Gasteiger partial charge < -0.3 is 4.52 Å². The molecule has 6 nitrogen and oxygen atoms in total. The smallest absolute Gasteiger partial charge is 0.329 e. The van der Waals surface area contributed by atoms with E-state index in [1.807, 2.05) is 0 Å². The van der Waals surface area contributed by atoms with Gasteiger partial charge in [-0.1, -0.05) is 23.7 Å². The molecule has 1 aromatic carbocycles. The number of aromatic nitrogens is 2. The summed E-state index contributed by atoms with van der Waals surface area (Å²) in [6.45, 7) is 0. The average Bonchev–Trinajstić information content (AvgIpc) is 3.05. The highest BCUT2D eigenvalue weighted by Crippen LogP contribution is 2.29. The Bertz CT molecular complexity index is 807. The highest BCUT2D eigenvalue weighted by atomic mass is 32.3. The third-order valence-corrected chi connectivity index (χ3v) is 6.61. The van der Waals surface area contributed by atoms with Crippen LogP contribution in [0.25, 0.3) is 11.4 Å². The van der Waals surface area contributed by atoms with E-state index in [1.165, 1.54) is 24.3 Å². The number of hydrogen-bond donors (Lipinski definition) is 2. The molecule has 1 aliphatic heterocycles. The maximum absolute atomic E-state index is 12.5. The van der Waals surface area contributed by atoms with E-state index in [-0.39, 0.29) is 17.0 Å². The maximum Gasteiger partial charge on any atom is 0.471 e. The lowest BCUT2D eigenvalue weighted by Gasteiger charge is -2.28. The number of benzene rings is 1. The molecule has 1 fully saturated rings. The van der Waals surface area contributed by atoms with Crippen molar-refractivity contribution in [3.63, 3.8) is 0 Å². The highest BCUT2D eigenvalue weighted by molar-refractivity contribution is 8.01. The topological polar surface area (TPSA) is 85.1 Å². The summed E-state index contributed by atoms with van der Waals surface area (Å²) in [5.41, 5.74) is 0.546. The minimum atomic E-state index is -4.71. The number of rotatable bonds is 3. The van der Waals surface area contributed by atoms with Gasteiger partial charge in [0.2, 0.25) is 5.82 Å². The zero-order valence-corrected chi connectivity index (χ0v) is 13.9. The number of carbonyl (C=O) groups is 1. The molecule has 0 bridgehead atoms. The van der Waals surface area contributed by atoms with Gasteiger partial charge in [0.05, 0.1) is 0 Å². The Hall–Kier alpha value is -2.23. The Labute approximate surface area is 142 Å². The van der Waals surface area contributed by atoms with E-state index in [4.69, 9.17) is 0 Å². The summed E-state index contributed by atoms with van der Waals surface area (Å²) < 4.78 is 56.7. The van der Waals surface area contributed by atoms with Crippen molar-refractivity contribution in [2.24, 2.45) is 0 Å². The monoisotopic (exact) mass is 375 g/mol. The van der Waals surface area contributed by atoms with Crippen LogP contribution in [-0.4, -0.2) is 31.8 Å². The predicted octanol–water partition coefficient (Wildman–Crippen LogP) is 2.60. The minimum Gasteiger partial charge on any atom is -0.329 e. The second-order valence-corrected chi connectivity index (χ2v) is 8.73. The predicted molar refractivity (Wildman–Crippen MR) is 85.3 cm³/mol. The first-order valence-electron chi connectivity index (χ1n) is 7.69. The molecule has 2 aromatic rings. The molecule has 10 heteroatoms. The van der Waals surface area contributed by atoms with Crippen molar-refractivity contribution < 1.29 is 26.7 Å². The molecule has 2 heterocycles. The van der Waals surface area contributed by atoms with Gasteiger partial charge in [0.15, 0.2) is 0 Å². The molecule has 1 aromatic heterocycles. The quantitative estimate of drug-likeness (QED) is 0.806. The van der Waals surface area contributed by atoms with Crippen LogP contribution >= 0.6 is 0 Å². The highest BCUT2D eigenvalue weighted by Gasteiger charge is 2.38. The lowest BCUT2D eigenvalue weighted by atomic mass is 10.1. The van der Waals surface area contributed by atoms with Gasteiger partial charge in [0.25, 0.3) is 5.91 Å². The molecule has 0 atom stereocenters. The first-order chi connectivity index (χ1) is 11.8. The molecule has 0 spiro atoms. The zero-order chi connectivity index (χ0) is 18.1. The van der Waals surface area contributed by atoms with Crippen molar-refractivity contribution in [3.05, 3.63) is 35.7 Å². The Morgan fingerprint density at radius 1 is 1.12 bits per heavy atom. The molecule has 0 radical (unpaired) electrons. The van der Waals surface area contributed by atoms with E-state index in [0.29, 0.717) is 11.5 Å². The van der Waals surface area contributed by atoms with Crippen LogP contribution in [0.3, 0.4) is 0 Å². The summed E-state index contributed by atoms with van der Waals surface area (Å²) in [5.74, 6) is -1.11. The number of amides is 1. The Morgan fingerprint density at radius 3 is 2.32 bits per heavy atom. The van der Waals surface area contributed by atoms with Crippen LogP contribution in [0.15, 0.2) is 28.8 Å². The van der Waals surface area contributed by atoms with Gasteiger partial charge >= 0.3 is 12.1 Å². The van der Waals surface area contributed by atoms with E-state index in [0.717, 1.165) is 19.3 Å². The molecular formula is C15H16F3N3O3S. The first-order valence-corrected chi connectivity index (χ1v) is 9.77. The van der Waals surface area contributed by atoms with Crippen LogP contribution in [0.1, 0.15) is 35.5 Å². The third kappa shape index (κ3) is 4.06. The van der Waals surface area contributed by atoms with Gasteiger partial charge in [-0.15, -0.1) is 0 Å². The van der Waals surface area contributed by atoms with Crippen LogP contribution in [-0.2, 0) is 16.3 Å². The maximum atomic E-state index is 12.5. The van der Waals surface area contributed by atoms with Gasteiger partial charge in [-0.05, 0) is 35.1 Å². The number of alkyl halides is 3. The fourth-order valence-corrected chi connectivity index (χ4v) is 5.03. The van der Waals surface area contributed by atoms with Crippen LogP contribution < -0.4 is 4.72 Å². The number of nitrogens with zero attached hydrogens (tertiary/aromatic N) is 2. The molecule has 0 unspecified atom stereocenters. The summed E-state index contributed by atoms with van der Waals surface area (Å²) in [6.07, 6.45) is -2.04. The van der Waals surface area contributed by atoms with Crippen LogP contribution in [0.2, 0.25) is 0 Å². The van der Waals surface area contributed by atoms with Crippen molar-refractivity contribution >= 4 is 16.0 Å². The van der Waals surface area contributed by atoms with Crippen LogP contribution in [0.5, 0.6) is 0 Å². The normalized spacial score (nSPS) is 18.5. The lowest BCUT2D eigenvalue weighted by Crippen LogP contribution is -2.42. The molecule has 3 rings (SSSR count). The van der Waals surface area contributed by atoms with Crippen molar-refractivity contribution in [1.82, 2.24) is 14.9 Å². The fourth-order valence-electron chi connectivity index (χ4n) is 2.61. The zero-order valence-electron chi connectivity index (χ0n) is 13.0. The third-order valence-electron chi connectivity index (χ3n) is 3.92. The average molecular weight is 375 g/mol. The van der Waals surface area contributed by atoms with E-state index in [2.05, 4.69) is 19.4 Å². The number of halogens is 3. The Kier molecular flexibility index (Phi) is 4.63. The number of nitrogens with one attached hydrogen (secondary N) is 1. The molecule has 1 saturated heterocycles. The van der Waals surface area contributed by atoms with Gasteiger partial charge in [0.1, 0.15) is 0 Å². The van der Waals surface area contributed by atoms with Crippen molar-refractivity contribution in [2.45, 2.75) is 25.4 Å². The summed E-state index contributed by atoms with van der Waals surface area (Å²) in [6, 6.07) is 5.67. The molecule has 0 aliphatic carbocycles. The second kappa shape index (κ2) is 6.58. The summed E-state index contributed by atoms with van der Waals surface area (Å²) >= 11 is 0. The molecular weight excluding hydrogens is 359 g/mol. The standard InChI is InChI=1S/C15H16F3N3O3S/c16-15(17,18)14-19-12(20-24-14)10-4-6-11(7-5-10)13(22)21-25(23)8-2-1-3-9-25/h4-7,25H,1-3,8-9H2,(H,21,22,23). The molecule has 1 aliphatic rings. The fraction of sp³-hybridized carbons (Fsp3) is 0.400. The Morgan fingerprint density at radius 2 is 1.76 bits per heavy atom.